The number of amides is 2. The fourth-order valence-corrected chi connectivity index (χ4v) is 4.58. The van der Waals surface area contributed by atoms with Crippen molar-refractivity contribution in [1.29, 1.82) is 0 Å². The molecule has 6 heteroatoms. The Morgan fingerprint density at radius 3 is 2.83 bits per heavy atom. The number of hydrogen-bond acceptors (Lipinski definition) is 4. The molecule has 2 aromatic heterocycles. The van der Waals surface area contributed by atoms with Crippen molar-refractivity contribution in [3.63, 3.8) is 0 Å². The topological polar surface area (TPSA) is 58.2 Å². The Kier molecular flexibility index (Phi) is 5.46. The summed E-state index contributed by atoms with van der Waals surface area (Å²) in [7, 11) is 0. The number of nitrogens with one attached hydrogen (secondary N) is 2. The highest BCUT2D eigenvalue weighted by atomic mass is 32.1. The van der Waals surface area contributed by atoms with Gasteiger partial charge in [-0.3, -0.25) is 20.4 Å². The van der Waals surface area contributed by atoms with Gasteiger partial charge in [-0.1, -0.05) is 12.5 Å². The largest absolute Gasteiger partial charge is 0.279 e. The molecule has 2 amide bonds. The molecule has 0 radical (unpaired) electrons. The summed E-state index contributed by atoms with van der Waals surface area (Å²) in [6, 6.07) is 5.97. The fraction of sp³-hybridized carbons (Fsp3) is 0.412. The summed E-state index contributed by atoms with van der Waals surface area (Å²) in [6.07, 6.45) is 6.88. The molecule has 3 rings (SSSR count). The summed E-state index contributed by atoms with van der Waals surface area (Å²) in [5.41, 5.74) is 6.34. The van der Waals surface area contributed by atoms with E-state index >= 15 is 0 Å². The SMILES string of the molecule is O=C(CCc1cccs1)NNC(=O)c1cc2c(s1)CCCCC2. The first-order valence-electron chi connectivity index (χ1n) is 7.95. The minimum atomic E-state index is -0.215. The minimum absolute atomic E-state index is 0.162. The smallest absolute Gasteiger partial charge is 0.273 e. The zero-order valence-electron chi connectivity index (χ0n) is 12.9. The monoisotopic (exact) mass is 348 g/mol. The number of carbonyl (C=O) groups is 2. The van der Waals surface area contributed by atoms with Crippen LogP contribution in [0.3, 0.4) is 0 Å². The molecule has 122 valence electrons. The zero-order valence-corrected chi connectivity index (χ0v) is 14.5. The minimum Gasteiger partial charge on any atom is -0.273 e. The normalized spacial score (nSPS) is 13.9. The lowest BCUT2D eigenvalue weighted by molar-refractivity contribution is -0.121. The maximum absolute atomic E-state index is 12.2. The van der Waals surface area contributed by atoms with E-state index in [2.05, 4.69) is 10.9 Å². The van der Waals surface area contributed by atoms with Gasteiger partial charge in [-0.2, -0.15) is 0 Å². The summed E-state index contributed by atoms with van der Waals surface area (Å²) in [6.45, 7) is 0. The Morgan fingerprint density at radius 2 is 2.00 bits per heavy atom. The van der Waals surface area contributed by atoms with Gasteiger partial charge in [-0.15, -0.1) is 22.7 Å². The van der Waals surface area contributed by atoms with Crippen LogP contribution >= 0.6 is 22.7 Å². The number of hydrogen-bond donors (Lipinski definition) is 2. The quantitative estimate of drug-likeness (QED) is 0.656. The molecule has 2 aromatic rings. The fourth-order valence-electron chi connectivity index (χ4n) is 2.72. The van der Waals surface area contributed by atoms with Crippen LogP contribution in [0.4, 0.5) is 0 Å². The van der Waals surface area contributed by atoms with Crippen molar-refractivity contribution in [3.8, 4) is 0 Å². The summed E-state index contributed by atoms with van der Waals surface area (Å²) in [4.78, 5) is 27.2. The van der Waals surface area contributed by atoms with Crippen LogP contribution in [0.2, 0.25) is 0 Å². The van der Waals surface area contributed by atoms with E-state index in [1.807, 2.05) is 23.6 Å². The molecule has 0 unspecified atom stereocenters. The standard InChI is InChI=1S/C17H20N2O2S2/c20-16(9-8-13-6-4-10-22-13)18-19-17(21)15-11-12-5-2-1-3-7-14(12)23-15/h4,6,10-11H,1-3,5,7-9H2,(H,18,20)(H,19,21). The van der Waals surface area contributed by atoms with E-state index in [9.17, 15) is 9.59 Å². The lowest BCUT2D eigenvalue weighted by Crippen LogP contribution is -2.41. The second kappa shape index (κ2) is 7.75. The molecule has 2 N–H and O–H groups in total. The Labute approximate surface area is 143 Å². The maximum Gasteiger partial charge on any atom is 0.279 e. The van der Waals surface area contributed by atoms with Crippen LogP contribution in [0.5, 0.6) is 0 Å². The lowest BCUT2D eigenvalue weighted by atomic mass is 10.1. The third-order valence-corrected chi connectivity index (χ3v) is 6.14. The molecule has 4 nitrogen and oxygen atoms in total. The molecule has 0 saturated carbocycles. The van der Waals surface area contributed by atoms with Crippen LogP contribution < -0.4 is 10.9 Å². The van der Waals surface area contributed by atoms with E-state index < -0.39 is 0 Å². The average molecular weight is 348 g/mol. The van der Waals surface area contributed by atoms with Gasteiger partial charge in [0.25, 0.3) is 5.91 Å². The van der Waals surface area contributed by atoms with Gasteiger partial charge in [0.2, 0.25) is 5.91 Å². The molecule has 0 spiro atoms. The van der Waals surface area contributed by atoms with Crippen LogP contribution in [0.25, 0.3) is 0 Å². The number of thiophene rings is 2. The molecule has 1 aliphatic rings. The highest BCUT2D eigenvalue weighted by molar-refractivity contribution is 7.14. The van der Waals surface area contributed by atoms with Gasteiger partial charge in [0.1, 0.15) is 0 Å². The van der Waals surface area contributed by atoms with Crippen LogP contribution in [-0.2, 0) is 24.1 Å². The Hall–Kier alpha value is -1.66. The number of rotatable bonds is 4. The van der Waals surface area contributed by atoms with E-state index in [0.29, 0.717) is 17.7 Å². The van der Waals surface area contributed by atoms with Crippen molar-refractivity contribution < 1.29 is 9.59 Å². The molecule has 0 aromatic carbocycles. The van der Waals surface area contributed by atoms with E-state index in [0.717, 1.165) is 12.8 Å². The molecule has 0 saturated heterocycles. The molecular weight excluding hydrogens is 328 g/mol. The van der Waals surface area contributed by atoms with E-state index in [4.69, 9.17) is 0 Å². The Balaban J connectivity index is 1.48. The van der Waals surface area contributed by atoms with E-state index in [1.54, 1.807) is 22.7 Å². The predicted molar refractivity (Wildman–Crippen MR) is 93.8 cm³/mol. The van der Waals surface area contributed by atoms with E-state index in [-0.39, 0.29) is 11.8 Å². The summed E-state index contributed by atoms with van der Waals surface area (Å²) in [5.74, 6) is -0.377. The first kappa shape index (κ1) is 16.2. The molecule has 1 aliphatic carbocycles. The molecule has 2 heterocycles. The lowest BCUT2D eigenvalue weighted by Gasteiger charge is -2.05. The van der Waals surface area contributed by atoms with Gasteiger partial charge in [-0.25, -0.2) is 0 Å². The maximum atomic E-state index is 12.2. The van der Waals surface area contributed by atoms with Crippen molar-refractivity contribution in [2.24, 2.45) is 0 Å². The van der Waals surface area contributed by atoms with Gasteiger partial charge < -0.3 is 0 Å². The molecule has 0 atom stereocenters. The van der Waals surface area contributed by atoms with Crippen molar-refractivity contribution in [2.75, 3.05) is 0 Å². The third-order valence-electron chi connectivity index (χ3n) is 3.96. The van der Waals surface area contributed by atoms with Crippen molar-refractivity contribution in [3.05, 3.63) is 43.8 Å². The molecular formula is C17H20N2O2S2. The average Bonchev–Trinajstić information content (AvgIpc) is 3.16. The third kappa shape index (κ3) is 4.42. The van der Waals surface area contributed by atoms with E-state index in [1.165, 1.54) is 34.6 Å². The second-order valence-corrected chi connectivity index (χ2v) is 7.87. The van der Waals surface area contributed by atoms with Gasteiger partial charge >= 0.3 is 0 Å². The number of aryl methyl sites for hydroxylation is 3. The van der Waals surface area contributed by atoms with Gasteiger partial charge in [0.05, 0.1) is 4.88 Å². The second-order valence-electron chi connectivity index (χ2n) is 5.70. The summed E-state index contributed by atoms with van der Waals surface area (Å²) >= 11 is 3.20. The zero-order chi connectivity index (χ0) is 16.1. The first-order valence-corrected chi connectivity index (χ1v) is 9.65. The predicted octanol–water partition coefficient (Wildman–Crippen LogP) is 3.47. The summed E-state index contributed by atoms with van der Waals surface area (Å²) in [5, 5.41) is 2.00. The highest BCUT2D eigenvalue weighted by Crippen LogP contribution is 2.28. The molecule has 0 fully saturated rings. The van der Waals surface area contributed by atoms with Crippen LogP contribution in [0.15, 0.2) is 23.6 Å². The van der Waals surface area contributed by atoms with Crippen molar-refractivity contribution in [1.82, 2.24) is 10.9 Å². The van der Waals surface area contributed by atoms with Gasteiger partial charge in [-0.05, 0) is 55.2 Å². The Bertz CT molecular complexity index is 653. The highest BCUT2D eigenvalue weighted by Gasteiger charge is 2.16. The van der Waals surface area contributed by atoms with Crippen molar-refractivity contribution >= 4 is 34.5 Å². The van der Waals surface area contributed by atoms with Crippen LogP contribution in [0.1, 0.15) is 50.7 Å². The van der Waals surface area contributed by atoms with Gasteiger partial charge in [0, 0.05) is 16.2 Å². The van der Waals surface area contributed by atoms with Gasteiger partial charge in [0.15, 0.2) is 0 Å². The number of fused-ring (bicyclic) bond motifs is 1. The molecule has 0 bridgehead atoms. The Morgan fingerprint density at radius 1 is 1.13 bits per heavy atom. The molecule has 0 aliphatic heterocycles. The molecule has 23 heavy (non-hydrogen) atoms. The van der Waals surface area contributed by atoms with Crippen molar-refractivity contribution in [2.45, 2.75) is 44.9 Å². The first-order chi connectivity index (χ1) is 11.2. The number of carbonyl (C=O) groups excluding carboxylic acids is 2. The van der Waals surface area contributed by atoms with Crippen LogP contribution in [-0.4, -0.2) is 11.8 Å². The van der Waals surface area contributed by atoms with Crippen LogP contribution in [0, 0.1) is 0 Å². The summed E-state index contributed by atoms with van der Waals surface area (Å²) < 4.78 is 0. The number of hydrazine groups is 1.